The van der Waals surface area contributed by atoms with E-state index in [2.05, 4.69) is 15.5 Å². The van der Waals surface area contributed by atoms with Gasteiger partial charge in [-0.15, -0.1) is 10.2 Å². The summed E-state index contributed by atoms with van der Waals surface area (Å²) in [6.07, 6.45) is 2.10. The van der Waals surface area contributed by atoms with Crippen molar-refractivity contribution in [2.24, 2.45) is 11.8 Å². The van der Waals surface area contributed by atoms with Gasteiger partial charge in [-0.25, -0.2) is 0 Å². The molecule has 0 radical (unpaired) electrons. The van der Waals surface area contributed by atoms with E-state index in [4.69, 9.17) is 0 Å². The quantitative estimate of drug-likeness (QED) is 0.573. The van der Waals surface area contributed by atoms with Gasteiger partial charge in [0, 0.05) is 44.1 Å². The van der Waals surface area contributed by atoms with E-state index in [1.165, 1.54) is 11.3 Å². The van der Waals surface area contributed by atoms with Crippen LogP contribution in [-0.4, -0.2) is 52.5 Å². The van der Waals surface area contributed by atoms with Gasteiger partial charge in [-0.05, 0) is 30.5 Å². The average molecular weight is 490 g/mol. The molecule has 3 heterocycles. The van der Waals surface area contributed by atoms with Crippen molar-refractivity contribution in [3.63, 3.8) is 0 Å². The molecule has 2 aliphatic rings. The first-order valence-electron chi connectivity index (χ1n) is 11.9. The van der Waals surface area contributed by atoms with Crippen LogP contribution in [0.4, 0.5) is 10.8 Å². The maximum Gasteiger partial charge on any atom is 0.229 e. The van der Waals surface area contributed by atoms with Gasteiger partial charge in [-0.3, -0.25) is 14.4 Å². The molecule has 2 fully saturated rings. The lowest BCUT2D eigenvalue weighted by Gasteiger charge is -2.32. The molecule has 180 valence electrons. The minimum atomic E-state index is -0.336. The predicted molar refractivity (Wildman–Crippen MR) is 134 cm³/mol. The average Bonchev–Trinajstić information content (AvgIpc) is 3.50. The fourth-order valence-electron chi connectivity index (χ4n) is 4.70. The molecule has 1 unspecified atom stereocenters. The van der Waals surface area contributed by atoms with E-state index in [9.17, 15) is 14.4 Å². The maximum atomic E-state index is 13.1. The van der Waals surface area contributed by atoms with Crippen LogP contribution in [0.3, 0.4) is 0 Å². The number of amides is 3. The van der Waals surface area contributed by atoms with Crippen molar-refractivity contribution < 1.29 is 14.4 Å². The number of nitrogens with one attached hydrogen (secondary N) is 1. The second-order valence-electron chi connectivity index (χ2n) is 8.99. The van der Waals surface area contributed by atoms with Crippen molar-refractivity contribution in [3.8, 4) is 0 Å². The number of carbonyl (C=O) groups is 3. The van der Waals surface area contributed by atoms with Crippen LogP contribution in [0.5, 0.6) is 0 Å². The number of carbonyl (C=O) groups excluding carboxylic acids is 3. The number of piperidine rings is 1. The molecule has 1 aromatic heterocycles. The van der Waals surface area contributed by atoms with E-state index in [0.29, 0.717) is 44.0 Å². The second kappa shape index (κ2) is 10.4. The summed E-state index contributed by atoms with van der Waals surface area (Å²) in [6.45, 7) is 1.44. The molecule has 2 saturated heterocycles. The van der Waals surface area contributed by atoms with Gasteiger partial charge in [0.05, 0.1) is 5.92 Å². The SMILES string of the molecule is O=C(Nc1nnc(Cc2ccccc2)s1)C1CCN(C(=O)C2CC(=O)N(c3ccccc3)C2)CC1. The molecule has 3 amide bonds. The third-order valence-corrected chi connectivity index (χ3v) is 7.45. The first-order chi connectivity index (χ1) is 17.1. The zero-order valence-corrected chi connectivity index (χ0v) is 20.1. The standard InChI is InChI=1S/C26H27N5O3S/c32-23-16-20(17-31(23)21-9-5-2-6-10-21)25(34)30-13-11-19(12-14-30)24(33)27-26-29-28-22(35-26)15-18-7-3-1-4-8-18/h1-10,19-20H,11-17H2,(H,27,29,33). The Labute approximate surface area is 208 Å². The Morgan fingerprint density at radius 1 is 0.943 bits per heavy atom. The highest BCUT2D eigenvalue weighted by Gasteiger charge is 2.38. The van der Waals surface area contributed by atoms with Crippen molar-refractivity contribution in [3.05, 3.63) is 71.2 Å². The third kappa shape index (κ3) is 5.40. The fraction of sp³-hybridized carbons (Fsp3) is 0.346. The molecule has 35 heavy (non-hydrogen) atoms. The minimum Gasteiger partial charge on any atom is -0.342 e. The third-order valence-electron chi connectivity index (χ3n) is 6.61. The van der Waals surface area contributed by atoms with E-state index >= 15 is 0 Å². The molecule has 1 atom stereocenters. The van der Waals surface area contributed by atoms with Gasteiger partial charge in [0.2, 0.25) is 22.9 Å². The van der Waals surface area contributed by atoms with Crippen LogP contribution in [-0.2, 0) is 20.8 Å². The van der Waals surface area contributed by atoms with Gasteiger partial charge in [-0.2, -0.15) is 0 Å². The van der Waals surface area contributed by atoms with Gasteiger partial charge >= 0.3 is 0 Å². The molecule has 2 aliphatic heterocycles. The molecule has 1 N–H and O–H groups in total. The van der Waals surface area contributed by atoms with Crippen molar-refractivity contribution in [1.82, 2.24) is 15.1 Å². The summed E-state index contributed by atoms with van der Waals surface area (Å²) in [5.41, 5.74) is 1.97. The molecule has 0 spiro atoms. The van der Waals surface area contributed by atoms with Crippen molar-refractivity contribution in [2.45, 2.75) is 25.7 Å². The molecule has 9 heteroatoms. The number of aromatic nitrogens is 2. The molecule has 5 rings (SSSR count). The van der Waals surface area contributed by atoms with Gasteiger partial charge in [-0.1, -0.05) is 59.9 Å². The van der Waals surface area contributed by atoms with Gasteiger partial charge in [0.1, 0.15) is 5.01 Å². The summed E-state index contributed by atoms with van der Waals surface area (Å²) in [6, 6.07) is 19.5. The first-order valence-corrected chi connectivity index (χ1v) is 12.7. The normalized spacial score (nSPS) is 18.6. The van der Waals surface area contributed by atoms with E-state index in [1.54, 1.807) is 9.80 Å². The Hall–Kier alpha value is -3.59. The Balaban J connectivity index is 1.11. The number of rotatable bonds is 6. The number of hydrogen-bond donors (Lipinski definition) is 1. The van der Waals surface area contributed by atoms with Crippen molar-refractivity contribution in [1.29, 1.82) is 0 Å². The smallest absolute Gasteiger partial charge is 0.229 e. The van der Waals surface area contributed by atoms with Gasteiger partial charge < -0.3 is 15.1 Å². The number of para-hydroxylation sites is 1. The summed E-state index contributed by atoms with van der Waals surface area (Å²) in [7, 11) is 0. The number of hydrogen-bond acceptors (Lipinski definition) is 6. The van der Waals surface area contributed by atoms with Crippen LogP contribution in [0.15, 0.2) is 60.7 Å². The topological polar surface area (TPSA) is 95.5 Å². The molecular weight excluding hydrogens is 462 g/mol. The molecule has 0 saturated carbocycles. The summed E-state index contributed by atoms with van der Waals surface area (Å²) in [5, 5.41) is 12.6. The van der Waals surface area contributed by atoms with Crippen LogP contribution in [0.1, 0.15) is 29.8 Å². The Kier molecular flexibility index (Phi) is 6.85. The summed E-state index contributed by atoms with van der Waals surface area (Å²) >= 11 is 1.39. The zero-order valence-electron chi connectivity index (χ0n) is 19.3. The lowest BCUT2D eigenvalue weighted by atomic mass is 9.94. The number of anilines is 2. The maximum absolute atomic E-state index is 13.1. The molecule has 2 aromatic carbocycles. The lowest BCUT2D eigenvalue weighted by molar-refractivity contribution is -0.138. The Morgan fingerprint density at radius 3 is 2.34 bits per heavy atom. The molecule has 8 nitrogen and oxygen atoms in total. The van der Waals surface area contributed by atoms with Crippen LogP contribution in [0.25, 0.3) is 0 Å². The predicted octanol–water partition coefficient (Wildman–Crippen LogP) is 3.36. The number of nitrogens with zero attached hydrogens (tertiary/aromatic N) is 4. The highest BCUT2D eigenvalue weighted by atomic mass is 32.1. The summed E-state index contributed by atoms with van der Waals surface area (Å²) < 4.78 is 0. The van der Waals surface area contributed by atoms with E-state index < -0.39 is 0 Å². The molecule has 0 aliphatic carbocycles. The molecule has 3 aromatic rings. The lowest BCUT2D eigenvalue weighted by Crippen LogP contribution is -2.44. The minimum absolute atomic E-state index is 0.00492. The molecule has 0 bridgehead atoms. The number of benzene rings is 2. The largest absolute Gasteiger partial charge is 0.342 e. The van der Waals surface area contributed by atoms with Crippen LogP contribution in [0, 0.1) is 11.8 Å². The van der Waals surface area contributed by atoms with Gasteiger partial charge in [0.25, 0.3) is 0 Å². The van der Waals surface area contributed by atoms with Crippen LogP contribution < -0.4 is 10.2 Å². The monoisotopic (exact) mass is 489 g/mol. The van der Waals surface area contributed by atoms with E-state index in [-0.39, 0.29) is 36.0 Å². The Morgan fingerprint density at radius 2 is 1.63 bits per heavy atom. The van der Waals surface area contributed by atoms with Crippen molar-refractivity contribution >= 4 is 39.9 Å². The van der Waals surface area contributed by atoms with Crippen LogP contribution in [0.2, 0.25) is 0 Å². The number of likely N-dealkylation sites (tertiary alicyclic amines) is 1. The zero-order chi connectivity index (χ0) is 24.2. The van der Waals surface area contributed by atoms with Crippen LogP contribution >= 0.6 is 11.3 Å². The highest BCUT2D eigenvalue weighted by Crippen LogP contribution is 2.28. The van der Waals surface area contributed by atoms with Crippen molar-refractivity contribution in [2.75, 3.05) is 29.9 Å². The first kappa shape index (κ1) is 23.2. The Bertz CT molecular complexity index is 1190. The highest BCUT2D eigenvalue weighted by molar-refractivity contribution is 7.15. The second-order valence-corrected chi connectivity index (χ2v) is 10.1. The van der Waals surface area contributed by atoms with Gasteiger partial charge in [0.15, 0.2) is 0 Å². The fourth-order valence-corrected chi connectivity index (χ4v) is 5.48. The molecular formula is C26H27N5O3S. The van der Waals surface area contributed by atoms with E-state index in [1.807, 2.05) is 60.7 Å². The van der Waals surface area contributed by atoms with E-state index in [0.717, 1.165) is 16.3 Å². The summed E-state index contributed by atoms with van der Waals surface area (Å²) in [4.78, 5) is 41.8. The summed E-state index contributed by atoms with van der Waals surface area (Å²) in [5.74, 6) is -0.604.